The van der Waals surface area contributed by atoms with Gasteiger partial charge in [0.2, 0.25) is 0 Å². The predicted molar refractivity (Wildman–Crippen MR) is 91.5 cm³/mol. The van der Waals surface area contributed by atoms with E-state index in [0.29, 0.717) is 10.7 Å². The zero-order chi connectivity index (χ0) is 15.7. The molecule has 0 saturated heterocycles. The average molecular weight is 333 g/mol. The smallest absolute Gasteiger partial charge is 0.265 e. The Morgan fingerprint density at radius 2 is 1.95 bits per heavy atom. The van der Waals surface area contributed by atoms with Gasteiger partial charge in [0.05, 0.1) is 8.15 Å². The summed E-state index contributed by atoms with van der Waals surface area (Å²) in [5, 5.41) is 3.23. The number of hydrogen-bond donors (Lipinski definition) is 2. The highest BCUT2D eigenvalue weighted by Crippen LogP contribution is 2.38. The number of aromatic nitrogens is 1. The monoisotopic (exact) mass is 332 g/mol. The van der Waals surface area contributed by atoms with E-state index in [0.717, 1.165) is 21.5 Å². The summed E-state index contributed by atoms with van der Waals surface area (Å²) in [7, 11) is 0.464. The second-order valence-corrected chi connectivity index (χ2v) is 7.07. The molecule has 1 unspecified atom stereocenters. The molecule has 0 saturated carbocycles. The van der Waals surface area contributed by atoms with Crippen molar-refractivity contribution in [1.29, 1.82) is 0 Å². The van der Waals surface area contributed by atoms with Crippen LogP contribution in [0.5, 0.6) is 0 Å². The Balaban J connectivity index is 2.29. The van der Waals surface area contributed by atoms with E-state index in [9.17, 15) is 4.79 Å². The Morgan fingerprint density at radius 3 is 2.59 bits per heavy atom. The fraction of sp³-hybridized carbons (Fsp3) is 0.0625. The van der Waals surface area contributed by atoms with Crippen molar-refractivity contribution < 1.29 is 9.32 Å². The van der Waals surface area contributed by atoms with Crippen LogP contribution in [0.15, 0.2) is 48.5 Å². The molecule has 1 atom stereocenters. The van der Waals surface area contributed by atoms with E-state index in [2.05, 4.69) is 4.98 Å². The zero-order valence-electron chi connectivity index (χ0n) is 11.8. The summed E-state index contributed by atoms with van der Waals surface area (Å²) in [5.74, 6) is -0.511. The minimum absolute atomic E-state index is 0.370. The summed E-state index contributed by atoms with van der Waals surface area (Å²) in [6.45, 7) is 0. The summed E-state index contributed by atoms with van der Waals surface area (Å²) in [5.41, 5.74) is 6.72. The SMILES string of the molecule is COP(c1ccccc1)c1c(C(N)=O)[nH]c2ccc(Cl)cc12. The van der Waals surface area contributed by atoms with Gasteiger partial charge in [0.15, 0.2) is 0 Å². The highest BCUT2D eigenvalue weighted by atomic mass is 35.5. The van der Waals surface area contributed by atoms with Crippen molar-refractivity contribution in [2.24, 2.45) is 5.73 Å². The van der Waals surface area contributed by atoms with Gasteiger partial charge < -0.3 is 15.2 Å². The summed E-state index contributed by atoms with van der Waals surface area (Å²) >= 11 is 6.11. The van der Waals surface area contributed by atoms with Gasteiger partial charge in [-0.15, -0.1) is 0 Å². The largest absolute Gasteiger partial charge is 0.364 e. The lowest BCUT2D eigenvalue weighted by molar-refractivity contribution is 0.0997. The van der Waals surface area contributed by atoms with Crippen LogP contribution in [0, 0.1) is 0 Å². The Hall–Kier alpha value is -1.87. The lowest BCUT2D eigenvalue weighted by atomic mass is 10.2. The second kappa shape index (κ2) is 6.09. The molecular weight excluding hydrogens is 319 g/mol. The van der Waals surface area contributed by atoms with Crippen molar-refractivity contribution in [3.8, 4) is 0 Å². The average Bonchev–Trinajstić information content (AvgIpc) is 2.88. The molecule has 2 aromatic carbocycles. The van der Waals surface area contributed by atoms with Crippen molar-refractivity contribution in [3.63, 3.8) is 0 Å². The topological polar surface area (TPSA) is 68.1 Å². The van der Waals surface area contributed by atoms with Gasteiger partial charge in [-0.25, -0.2) is 0 Å². The molecule has 3 N–H and O–H groups in total. The van der Waals surface area contributed by atoms with E-state index in [1.807, 2.05) is 42.5 Å². The molecule has 22 heavy (non-hydrogen) atoms. The summed E-state index contributed by atoms with van der Waals surface area (Å²) in [6.07, 6.45) is 0. The van der Waals surface area contributed by atoms with Gasteiger partial charge >= 0.3 is 0 Å². The first kappa shape index (κ1) is 15.0. The third kappa shape index (κ3) is 2.61. The maximum Gasteiger partial charge on any atom is 0.265 e. The van der Waals surface area contributed by atoms with Crippen molar-refractivity contribution in [2.45, 2.75) is 0 Å². The Morgan fingerprint density at radius 1 is 1.23 bits per heavy atom. The number of primary amides is 1. The number of benzene rings is 2. The number of fused-ring (bicyclic) bond motifs is 1. The van der Waals surface area contributed by atoms with Crippen LogP contribution in [0.1, 0.15) is 10.5 Å². The van der Waals surface area contributed by atoms with E-state index >= 15 is 0 Å². The third-order valence-corrected chi connectivity index (χ3v) is 5.59. The minimum atomic E-state index is -1.17. The quantitative estimate of drug-likeness (QED) is 0.721. The van der Waals surface area contributed by atoms with Crippen LogP contribution in [-0.2, 0) is 4.52 Å². The van der Waals surface area contributed by atoms with Crippen LogP contribution < -0.4 is 16.3 Å². The van der Waals surface area contributed by atoms with E-state index in [1.54, 1.807) is 13.2 Å². The van der Waals surface area contributed by atoms with Gasteiger partial charge in [0.25, 0.3) is 5.91 Å². The number of aromatic amines is 1. The molecular formula is C16H14ClN2O2P. The van der Waals surface area contributed by atoms with Gasteiger partial charge in [0, 0.05) is 33.6 Å². The number of rotatable bonds is 4. The highest BCUT2D eigenvalue weighted by Gasteiger charge is 2.25. The number of amides is 1. The number of carbonyl (C=O) groups is 1. The summed E-state index contributed by atoms with van der Waals surface area (Å²) in [4.78, 5) is 14.9. The van der Waals surface area contributed by atoms with E-state index in [1.165, 1.54) is 0 Å². The van der Waals surface area contributed by atoms with Crippen LogP contribution in [0.4, 0.5) is 0 Å². The molecule has 6 heteroatoms. The Bertz CT molecular complexity index is 833. The van der Waals surface area contributed by atoms with Gasteiger partial charge in [-0.05, 0) is 18.2 Å². The van der Waals surface area contributed by atoms with Crippen LogP contribution in [0.2, 0.25) is 5.02 Å². The maximum absolute atomic E-state index is 11.8. The van der Waals surface area contributed by atoms with Gasteiger partial charge in [-0.1, -0.05) is 41.9 Å². The Labute approximate surface area is 134 Å². The second-order valence-electron chi connectivity index (χ2n) is 4.72. The number of hydrogen-bond acceptors (Lipinski definition) is 2. The van der Waals surface area contributed by atoms with Gasteiger partial charge in [0.1, 0.15) is 5.69 Å². The molecule has 0 bridgehead atoms. The first-order valence-electron chi connectivity index (χ1n) is 6.62. The normalized spacial score (nSPS) is 12.5. The molecule has 1 amide bonds. The number of carbonyl (C=O) groups excluding carboxylic acids is 1. The molecule has 112 valence electrons. The number of H-pyrrole nitrogens is 1. The van der Waals surface area contributed by atoms with Crippen LogP contribution in [-0.4, -0.2) is 18.0 Å². The summed E-state index contributed by atoms with van der Waals surface area (Å²) in [6, 6.07) is 15.2. The van der Waals surface area contributed by atoms with Gasteiger partial charge in [-0.3, -0.25) is 4.79 Å². The van der Waals surface area contributed by atoms with Gasteiger partial charge in [-0.2, -0.15) is 0 Å². The molecule has 0 radical (unpaired) electrons. The molecule has 0 aliphatic heterocycles. The number of nitrogens with two attached hydrogens (primary N) is 1. The van der Waals surface area contributed by atoms with E-state index in [4.69, 9.17) is 21.9 Å². The number of halogens is 1. The fourth-order valence-electron chi connectivity index (χ4n) is 2.43. The maximum atomic E-state index is 11.8. The standard InChI is InChI=1S/C16H14ClN2O2P/c1-21-22(11-5-3-2-4-6-11)15-12-9-10(17)7-8-13(12)19-14(15)16(18)20/h2-9,19H,1H3,(H2,18,20). The molecule has 0 spiro atoms. The van der Waals surface area contributed by atoms with Crippen LogP contribution in [0.3, 0.4) is 0 Å². The first-order valence-corrected chi connectivity index (χ1v) is 8.26. The van der Waals surface area contributed by atoms with Crippen molar-refractivity contribution in [2.75, 3.05) is 7.11 Å². The minimum Gasteiger partial charge on any atom is -0.364 e. The Kier molecular flexibility index (Phi) is 4.16. The molecule has 4 nitrogen and oxygen atoms in total. The van der Waals surface area contributed by atoms with Crippen LogP contribution >= 0.6 is 19.7 Å². The predicted octanol–water partition coefficient (Wildman–Crippen LogP) is 2.91. The lowest BCUT2D eigenvalue weighted by Gasteiger charge is -2.16. The number of nitrogens with one attached hydrogen (secondary N) is 1. The van der Waals surface area contributed by atoms with Crippen molar-refractivity contribution >= 4 is 47.2 Å². The molecule has 0 aliphatic rings. The molecule has 1 aromatic heterocycles. The van der Waals surface area contributed by atoms with E-state index < -0.39 is 14.1 Å². The highest BCUT2D eigenvalue weighted by molar-refractivity contribution is 7.69. The molecule has 1 heterocycles. The fourth-order valence-corrected chi connectivity index (χ4v) is 4.47. The first-order chi connectivity index (χ1) is 10.6. The summed E-state index contributed by atoms with van der Waals surface area (Å²) < 4.78 is 5.71. The van der Waals surface area contributed by atoms with Crippen molar-refractivity contribution in [1.82, 2.24) is 4.98 Å². The molecule has 3 aromatic rings. The zero-order valence-corrected chi connectivity index (χ0v) is 13.5. The molecule has 0 aliphatic carbocycles. The van der Waals surface area contributed by atoms with Crippen LogP contribution in [0.25, 0.3) is 10.9 Å². The molecule has 3 rings (SSSR count). The van der Waals surface area contributed by atoms with E-state index in [-0.39, 0.29) is 0 Å². The van der Waals surface area contributed by atoms with Crippen molar-refractivity contribution in [3.05, 3.63) is 59.2 Å². The third-order valence-electron chi connectivity index (χ3n) is 3.36. The molecule has 0 fully saturated rings. The lowest BCUT2D eigenvalue weighted by Crippen LogP contribution is -2.23.